The summed E-state index contributed by atoms with van der Waals surface area (Å²) in [7, 11) is 0. The third kappa shape index (κ3) is 1.69. The molecular weight excluding hydrogens is 167 g/mol. The second-order valence-corrected chi connectivity index (χ2v) is 2.57. The summed E-state index contributed by atoms with van der Waals surface area (Å²) >= 11 is 0. The zero-order valence-corrected chi connectivity index (χ0v) is 6.44. The second-order valence-electron chi connectivity index (χ2n) is 2.57. The van der Waals surface area contributed by atoms with E-state index in [0.717, 1.165) is 12.1 Å². The topological polar surface area (TPSA) is 26.0 Å². The van der Waals surface area contributed by atoms with Gasteiger partial charge in [0.25, 0.3) is 0 Å². The highest BCUT2D eigenvalue weighted by atomic mass is 19.4. The lowest BCUT2D eigenvalue weighted by Gasteiger charge is -2.07. The molecule has 1 rings (SSSR count). The number of aryl methyl sites for hydroxylation is 1. The first-order valence-corrected chi connectivity index (χ1v) is 3.34. The van der Waals surface area contributed by atoms with Gasteiger partial charge in [-0.3, -0.25) is 0 Å². The molecule has 1 aromatic rings. The number of benzene rings is 1. The van der Waals surface area contributed by atoms with Gasteiger partial charge in [0.15, 0.2) is 0 Å². The van der Waals surface area contributed by atoms with Crippen molar-refractivity contribution in [3.63, 3.8) is 0 Å². The molecule has 0 unspecified atom stereocenters. The lowest BCUT2D eigenvalue weighted by Crippen LogP contribution is -2.05. The molecule has 66 valence electrons. The molecule has 0 spiro atoms. The maximum atomic E-state index is 12.0. The van der Waals surface area contributed by atoms with E-state index in [1.807, 2.05) is 0 Å². The Bertz CT molecular complexity index is 291. The van der Waals surface area contributed by atoms with Crippen LogP contribution >= 0.6 is 0 Å². The van der Waals surface area contributed by atoms with Crippen molar-refractivity contribution in [1.29, 1.82) is 0 Å². The molecule has 0 aliphatic heterocycles. The van der Waals surface area contributed by atoms with E-state index >= 15 is 0 Å². The highest BCUT2D eigenvalue weighted by Gasteiger charge is 2.30. The number of rotatable bonds is 0. The maximum Gasteiger partial charge on any atom is 0.416 e. The number of nitrogens with two attached hydrogens (primary N) is 1. The minimum atomic E-state index is -4.30. The summed E-state index contributed by atoms with van der Waals surface area (Å²) in [5.41, 5.74) is 5.44. The number of halogens is 3. The van der Waals surface area contributed by atoms with Crippen LogP contribution in [-0.4, -0.2) is 0 Å². The highest BCUT2D eigenvalue weighted by molar-refractivity contribution is 5.48. The van der Waals surface area contributed by atoms with Crippen LogP contribution in [0.2, 0.25) is 0 Å². The van der Waals surface area contributed by atoms with Crippen LogP contribution in [0.1, 0.15) is 11.1 Å². The van der Waals surface area contributed by atoms with E-state index in [1.54, 1.807) is 6.92 Å². The molecule has 1 nitrogen and oxygen atoms in total. The molecule has 12 heavy (non-hydrogen) atoms. The second kappa shape index (κ2) is 2.69. The van der Waals surface area contributed by atoms with Crippen molar-refractivity contribution in [1.82, 2.24) is 0 Å². The van der Waals surface area contributed by atoms with Crippen molar-refractivity contribution in [2.75, 3.05) is 5.73 Å². The fourth-order valence-corrected chi connectivity index (χ4v) is 0.817. The van der Waals surface area contributed by atoms with Crippen LogP contribution in [0.15, 0.2) is 18.2 Å². The molecule has 2 N–H and O–H groups in total. The number of nitrogen functional groups attached to an aromatic ring is 1. The molecule has 0 saturated heterocycles. The molecule has 0 fully saturated rings. The molecular formula is C8H8F3N. The first kappa shape index (κ1) is 8.90. The number of alkyl halides is 3. The van der Waals surface area contributed by atoms with Gasteiger partial charge in [0.05, 0.1) is 5.56 Å². The van der Waals surface area contributed by atoms with Crippen molar-refractivity contribution < 1.29 is 13.2 Å². The Hall–Kier alpha value is -1.19. The van der Waals surface area contributed by atoms with Crippen LogP contribution in [0.4, 0.5) is 18.9 Å². The number of hydrogen-bond donors (Lipinski definition) is 1. The SMILES string of the molecule is Cc1ccc(C(F)(F)F)cc1N. The Morgan fingerprint density at radius 1 is 1.25 bits per heavy atom. The van der Waals surface area contributed by atoms with Crippen LogP contribution in [0.3, 0.4) is 0 Å². The first-order valence-electron chi connectivity index (χ1n) is 3.34. The smallest absolute Gasteiger partial charge is 0.399 e. The summed E-state index contributed by atoms with van der Waals surface area (Å²) in [6.07, 6.45) is -4.30. The van der Waals surface area contributed by atoms with Gasteiger partial charge in [-0.1, -0.05) is 6.07 Å². The van der Waals surface area contributed by atoms with E-state index in [0.29, 0.717) is 5.56 Å². The molecule has 0 aliphatic carbocycles. The standard InChI is InChI=1S/C8H8F3N/c1-5-2-3-6(4-7(5)12)8(9,10)11/h2-4H,12H2,1H3. The van der Waals surface area contributed by atoms with Gasteiger partial charge in [-0.05, 0) is 24.6 Å². The summed E-state index contributed by atoms with van der Waals surface area (Å²) in [5.74, 6) is 0. The zero-order valence-electron chi connectivity index (χ0n) is 6.44. The summed E-state index contributed by atoms with van der Waals surface area (Å²) < 4.78 is 36.1. The maximum absolute atomic E-state index is 12.0. The van der Waals surface area contributed by atoms with Crippen molar-refractivity contribution in [2.45, 2.75) is 13.1 Å². The Kier molecular flexibility index (Phi) is 2.00. The molecule has 4 heteroatoms. The van der Waals surface area contributed by atoms with Crippen molar-refractivity contribution >= 4 is 5.69 Å². The van der Waals surface area contributed by atoms with Crippen LogP contribution in [0.25, 0.3) is 0 Å². The largest absolute Gasteiger partial charge is 0.416 e. The average molecular weight is 175 g/mol. The van der Waals surface area contributed by atoms with Gasteiger partial charge in [-0.25, -0.2) is 0 Å². The highest BCUT2D eigenvalue weighted by Crippen LogP contribution is 2.30. The lowest BCUT2D eigenvalue weighted by atomic mass is 10.1. The summed E-state index contributed by atoms with van der Waals surface area (Å²) in [5, 5.41) is 0. The minimum absolute atomic E-state index is 0.171. The average Bonchev–Trinajstić information content (AvgIpc) is 1.92. The molecule has 0 aromatic heterocycles. The predicted molar refractivity (Wildman–Crippen MR) is 40.6 cm³/mol. The fraction of sp³-hybridized carbons (Fsp3) is 0.250. The Balaban J connectivity index is 3.14. The monoisotopic (exact) mass is 175 g/mol. The molecule has 0 bridgehead atoms. The minimum Gasteiger partial charge on any atom is -0.399 e. The molecule has 0 aliphatic rings. The third-order valence-corrected chi connectivity index (χ3v) is 1.61. The Morgan fingerprint density at radius 2 is 1.83 bits per heavy atom. The first-order chi connectivity index (χ1) is 5.41. The van der Waals surface area contributed by atoms with Crippen LogP contribution in [0, 0.1) is 6.92 Å². The van der Waals surface area contributed by atoms with E-state index < -0.39 is 11.7 Å². The third-order valence-electron chi connectivity index (χ3n) is 1.61. The quantitative estimate of drug-likeness (QED) is 0.602. The van der Waals surface area contributed by atoms with Crippen molar-refractivity contribution in [2.24, 2.45) is 0 Å². The van der Waals surface area contributed by atoms with Gasteiger partial charge in [0.1, 0.15) is 0 Å². The van der Waals surface area contributed by atoms with E-state index in [4.69, 9.17) is 5.73 Å². The molecule has 0 atom stereocenters. The Morgan fingerprint density at radius 3 is 2.25 bits per heavy atom. The predicted octanol–water partition coefficient (Wildman–Crippen LogP) is 2.60. The van der Waals surface area contributed by atoms with Crippen LogP contribution in [-0.2, 0) is 6.18 Å². The summed E-state index contributed by atoms with van der Waals surface area (Å²) in [6, 6.07) is 3.32. The van der Waals surface area contributed by atoms with Gasteiger partial charge >= 0.3 is 6.18 Å². The van der Waals surface area contributed by atoms with Gasteiger partial charge in [0.2, 0.25) is 0 Å². The Labute approximate surface area is 68.0 Å². The summed E-state index contributed by atoms with van der Waals surface area (Å²) in [6.45, 7) is 1.66. The van der Waals surface area contributed by atoms with E-state index in [2.05, 4.69) is 0 Å². The molecule has 0 heterocycles. The normalized spacial score (nSPS) is 11.7. The van der Waals surface area contributed by atoms with E-state index in [9.17, 15) is 13.2 Å². The van der Waals surface area contributed by atoms with Gasteiger partial charge < -0.3 is 5.73 Å². The van der Waals surface area contributed by atoms with E-state index in [-0.39, 0.29) is 5.69 Å². The van der Waals surface area contributed by atoms with Crippen molar-refractivity contribution in [3.05, 3.63) is 29.3 Å². The van der Waals surface area contributed by atoms with Crippen LogP contribution in [0.5, 0.6) is 0 Å². The number of anilines is 1. The van der Waals surface area contributed by atoms with Gasteiger partial charge in [-0.2, -0.15) is 13.2 Å². The lowest BCUT2D eigenvalue weighted by molar-refractivity contribution is -0.137. The van der Waals surface area contributed by atoms with Gasteiger partial charge in [0, 0.05) is 5.69 Å². The fourth-order valence-electron chi connectivity index (χ4n) is 0.817. The van der Waals surface area contributed by atoms with Gasteiger partial charge in [-0.15, -0.1) is 0 Å². The molecule has 0 saturated carbocycles. The molecule has 0 radical (unpaired) electrons. The zero-order chi connectivity index (χ0) is 9.35. The summed E-state index contributed by atoms with van der Waals surface area (Å²) in [4.78, 5) is 0. The van der Waals surface area contributed by atoms with E-state index in [1.165, 1.54) is 6.07 Å². The van der Waals surface area contributed by atoms with Crippen molar-refractivity contribution in [3.8, 4) is 0 Å². The number of hydrogen-bond acceptors (Lipinski definition) is 1. The van der Waals surface area contributed by atoms with Crippen LogP contribution < -0.4 is 5.73 Å². The molecule has 0 amide bonds. The molecule has 1 aromatic carbocycles.